The zero-order chi connectivity index (χ0) is 16.0. The molecule has 0 aliphatic carbocycles. The smallest absolute Gasteiger partial charge is 0.305 e. The van der Waals surface area contributed by atoms with Crippen molar-refractivity contribution in [2.45, 2.75) is 36.8 Å². The SMILES string of the molecule is N[C@@H](CC(=O)O)C(=O)C(=O)[C@H](N)[C@@H](O)[C@H](O)[C@H](O)CO. The third-order valence-corrected chi connectivity index (χ3v) is 2.58. The van der Waals surface area contributed by atoms with Crippen LogP contribution in [0.5, 0.6) is 0 Å². The summed E-state index contributed by atoms with van der Waals surface area (Å²) in [6.45, 7) is -0.897. The Morgan fingerprint density at radius 1 is 0.950 bits per heavy atom. The van der Waals surface area contributed by atoms with E-state index in [4.69, 9.17) is 26.8 Å². The molecule has 0 aromatic carbocycles. The molecule has 0 aromatic rings. The van der Waals surface area contributed by atoms with E-state index in [1.54, 1.807) is 0 Å². The van der Waals surface area contributed by atoms with Crippen molar-refractivity contribution in [2.75, 3.05) is 6.61 Å². The number of aliphatic carboxylic acids is 1. The van der Waals surface area contributed by atoms with Crippen LogP contribution in [-0.2, 0) is 14.4 Å². The van der Waals surface area contributed by atoms with Crippen LogP contribution in [0.15, 0.2) is 0 Å². The average molecular weight is 294 g/mol. The van der Waals surface area contributed by atoms with E-state index in [0.717, 1.165) is 0 Å². The maximum absolute atomic E-state index is 11.6. The van der Waals surface area contributed by atoms with Gasteiger partial charge in [-0.25, -0.2) is 0 Å². The number of rotatable bonds is 9. The van der Waals surface area contributed by atoms with Gasteiger partial charge in [0.05, 0.1) is 19.1 Å². The first-order valence-corrected chi connectivity index (χ1v) is 5.59. The van der Waals surface area contributed by atoms with Gasteiger partial charge in [0.15, 0.2) is 0 Å². The van der Waals surface area contributed by atoms with E-state index in [-0.39, 0.29) is 0 Å². The van der Waals surface area contributed by atoms with E-state index >= 15 is 0 Å². The van der Waals surface area contributed by atoms with E-state index in [1.165, 1.54) is 0 Å². The number of carboxylic acids is 1. The molecule has 0 rings (SSSR count). The lowest BCUT2D eigenvalue weighted by Gasteiger charge is -2.25. The van der Waals surface area contributed by atoms with Gasteiger partial charge in [-0.1, -0.05) is 0 Å². The molecular weight excluding hydrogens is 276 g/mol. The minimum absolute atomic E-state index is 0.796. The Balaban J connectivity index is 4.76. The molecule has 0 aromatic heterocycles. The summed E-state index contributed by atoms with van der Waals surface area (Å²) >= 11 is 0. The molecule has 0 bridgehead atoms. The molecule has 0 unspecified atom stereocenters. The Morgan fingerprint density at radius 2 is 1.45 bits per heavy atom. The quantitative estimate of drug-likeness (QED) is 0.202. The highest BCUT2D eigenvalue weighted by Gasteiger charge is 2.37. The van der Waals surface area contributed by atoms with Crippen LogP contribution in [0.3, 0.4) is 0 Å². The number of carbonyl (C=O) groups is 3. The van der Waals surface area contributed by atoms with Crippen LogP contribution >= 0.6 is 0 Å². The van der Waals surface area contributed by atoms with Gasteiger partial charge >= 0.3 is 5.97 Å². The highest BCUT2D eigenvalue weighted by atomic mass is 16.4. The van der Waals surface area contributed by atoms with Gasteiger partial charge in [0.1, 0.15) is 24.4 Å². The molecule has 0 heterocycles. The van der Waals surface area contributed by atoms with E-state index in [1.807, 2.05) is 0 Å². The molecule has 0 saturated carbocycles. The summed E-state index contributed by atoms with van der Waals surface area (Å²) in [6.07, 6.45) is -6.53. The van der Waals surface area contributed by atoms with Gasteiger partial charge in [0.25, 0.3) is 0 Å². The highest BCUT2D eigenvalue weighted by molar-refractivity contribution is 6.41. The summed E-state index contributed by atoms with van der Waals surface area (Å²) in [6, 6.07) is -3.53. The first-order valence-electron chi connectivity index (χ1n) is 5.59. The summed E-state index contributed by atoms with van der Waals surface area (Å²) in [5.74, 6) is -4.09. The van der Waals surface area contributed by atoms with Crippen LogP contribution < -0.4 is 11.5 Å². The number of nitrogens with two attached hydrogens (primary N) is 2. The summed E-state index contributed by atoms with van der Waals surface area (Å²) in [7, 11) is 0. The number of ketones is 2. The molecule has 0 fully saturated rings. The molecule has 0 aliphatic rings. The fraction of sp³-hybridized carbons (Fsp3) is 0.700. The molecule has 116 valence electrons. The predicted molar refractivity (Wildman–Crippen MR) is 63.3 cm³/mol. The van der Waals surface area contributed by atoms with Crippen LogP contribution in [0.1, 0.15) is 6.42 Å². The molecule has 0 radical (unpaired) electrons. The van der Waals surface area contributed by atoms with Crippen LogP contribution in [0, 0.1) is 0 Å². The van der Waals surface area contributed by atoms with Crippen LogP contribution in [0.2, 0.25) is 0 Å². The molecule has 9 N–H and O–H groups in total. The Labute approximate surface area is 113 Å². The second kappa shape index (κ2) is 7.99. The first-order chi connectivity index (χ1) is 9.13. The fourth-order valence-electron chi connectivity index (χ4n) is 1.33. The van der Waals surface area contributed by atoms with Gasteiger partial charge in [-0.3, -0.25) is 14.4 Å². The standard InChI is InChI=1S/C10H18N2O8/c11-3(1-5(15)16)7(17)9(19)6(12)10(20)8(18)4(14)2-13/h3-4,6,8,10,13-14,18,20H,1-2,11-12H2,(H,15,16)/t3-,4+,6-,8+,10+/m0/s1. The van der Waals surface area contributed by atoms with Crippen molar-refractivity contribution in [3.63, 3.8) is 0 Å². The first kappa shape index (κ1) is 18.6. The molecule has 5 atom stereocenters. The topological polar surface area (TPSA) is 204 Å². The van der Waals surface area contributed by atoms with Gasteiger partial charge in [0, 0.05) is 0 Å². The maximum atomic E-state index is 11.6. The van der Waals surface area contributed by atoms with E-state index in [9.17, 15) is 24.6 Å². The zero-order valence-corrected chi connectivity index (χ0v) is 10.4. The fourth-order valence-corrected chi connectivity index (χ4v) is 1.33. The maximum Gasteiger partial charge on any atom is 0.305 e. The normalized spacial score (nSPS) is 18.7. The summed E-state index contributed by atoms with van der Waals surface area (Å²) in [4.78, 5) is 33.4. The number of hydrogen-bond acceptors (Lipinski definition) is 9. The third-order valence-electron chi connectivity index (χ3n) is 2.58. The monoisotopic (exact) mass is 294 g/mol. The van der Waals surface area contributed by atoms with Gasteiger partial charge in [-0.05, 0) is 0 Å². The van der Waals surface area contributed by atoms with Crippen molar-refractivity contribution < 1.29 is 39.9 Å². The van der Waals surface area contributed by atoms with E-state index in [0.29, 0.717) is 0 Å². The lowest BCUT2D eigenvalue weighted by molar-refractivity contribution is -0.144. The lowest BCUT2D eigenvalue weighted by Crippen LogP contribution is -2.56. The Morgan fingerprint density at radius 3 is 1.85 bits per heavy atom. The average Bonchev–Trinajstić information content (AvgIpc) is 2.41. The van der Waals surface area contributed by atoms with Gasteiger partial charge < -0.3 is 37.0 Å². The Bertz CT molecular complexity index is 374. The predicted octanol–water partition coefficient (Wildman–Crippen LogP) is -4.67. The van der Waals surface area contributed by atoms with Crippen molar-refractivity contribution in [3.05, 3.63) is 0 Å². The van der Waals surface area contributed by atoms with Gasteiger partial charge in [0.2, 0.25) is 11.6 Å². The number of Topliss-reactive ketones (excluding diaryl/α,β-unsaturated/α-hetero) is 2. The second-order valence-electron chi connectivity index (χ2n) is 4.19. The van der Waals surface area contributed by atoms with Crippen LogP contribution in [0.25, 0.3) is 0 Å². The largest absolute Gasteiger partial charge is 0.481 e. The number of carboxylic acid groups (broad SMARTS) is 1. The minimum Gasteiger partial charge on any atom is -0.481 e. The van der Waals surface area contributed by atoms with Crippen molar-refractivity contribution in [1.82, 2.24) is 0 Å². The van der Waals surface area contributed by atoms with Gasteiger partial charge in [-0.2, -0.15) is 0 Å². The Kier molecular flexibility index (Phi) is 7.42. The van der Waals surface area contributed by atoms with Crippen molar-refractivity contribution in [1.29, 1.82) is 0 Å². The van der Waals surface area contributed by atoms with Crippen molar-refractivity contribution in [3.8, 4) is 0 Å². The Hall–Kier alpha value is -1.43. The highest BCUT2D eigenvalue weighted by Crippen LogP contribution is 2.06. The second-order valence-corrected chi connectivity index (χ2v) is 4.19. The van der Waals surface area contributed by atoms with E-state index < -0.39 is 61.0 Å². The van der Waals surface area contributed by atoms with Crippen molar-refractivity contribution >= 4 is 17.5 Å². The number of aliphatic hydroxyl groups is 4. The summed E-state index contributed by atoms with van der Waals surface area (Å²) in [5.41, 5.74) is 10.4. The van der Waals surface area contributed by atoms with Crippen LogP contribution in [-0.4, -0.2) is 80.1 Å². The lowest BCUT2D eigenvalue weighted by atomic mass is 9.94. The number of hydrogen-bond donors (Lipinski definition) is 7. The third kappa shape index (κ3) is 4.92. The minimum atomic E-state index is -2.02. The molecule has 10 heteroatoms. The number of aliphatic hydroxyl groups excluding tert-OH is 4. The number of carbonyl (C=O) groups excluding carboxylic acids is 2. The van der Waals surface area contributed by atoms with Crippen LogP contribution in [0.4, 0.5) is 0 Å². The zero-order valence-electron chi connectivity index (χ0n) is 10.4. The molecule has 0 amide bonds. The molecule has 0 spiro atoms. The van der Waals surface area contributed by atoms with Crippen molar-refractivity contribution in [2.24, 2.45) is 11.5 Å². The van der Waals surface area contributed by atoms with E-state index in [2.05, 4.69) is 0 Å². The molecule has 10 nitrogen and oxygen atoms in total. The van der Waals surface area contributed by atoms with Gasteiger partial charge in [-0.15, -0.1) is 0 Å². The summed E-state index contributed by atoms with van der Waals surface area (Å²) < 4.78 is 0. The molecule has 20 heavy (non-hydrogen) atoms. The molecule has 0 saturated heterocycles. The molecular formula is C10H18N2O8. The molecule has 0 aliphatic heterocycles. The summed E-state index contributed by atoms with van der Waals surface area (Å²) in [5, 5.41) is 44.9.